The molecule has 2 aliphatic rings. The first kappa shape index (κ1) is 24.5. The molecule has 2 heterocycles. The molecule has 182 valence electrons. The fraction of sp³-hybridized carbons (Fsp3) is 0.308. The lowest BCUT2D eigenvalue weighted by atomic mass is 9.94. The number of amidine groups is 1. The third-order valence-electron chi connectivity index (χ3n) is 5.53. The maximum atomic E-state index is 13.4. The van der Waals surface area contributed by atoms with E-state index in [0.717, 1.165) is 5.56 Å². The molecule has 0 radical (unpaired) electrons. The van der Waals surface area contributed by atoms with E-state index in [9.17, 15) is 14.4 Å². The normalized spacial score (nSPS) is 19.3. The van der Waals surface area contributed by atoms with E-state index in [1.807, 2.05) is 44.2 Å². The van der Waals surface area contributed by atoms with Gasteiger partial charge in [-0.2, -0.15) is 0 Å². The molecule has 0 N–H and O–H groups in total. The molecule has 0 saturated carbocycles. The Morgan fingerprint density at radius 1 is 1.11 bits per heavy atom. The average Bonchev–Trinajstić information content (AvgIpc) is 3.11. The van der Waals surface area contributed by atoms with Crippen LogP contribution in [0.15, 0.2) is 64.8 Å². The van der Waals surface area contributed by atoms with Gasteiger partial charge in [-0.3, -0.25) is 14.5 Å². The minimum atomic E-state index is -0.763. The predicted molar refractivity (Wildman–Crippen MR) is 132 cm³/mol. The number of thioether (sulfide) groups is 1. The predicted octanol–water partition coefficient (Wildman–Crippen LogP) is 4.40. The standard InChI is InChI=1S/C26H26N2O6S/c1-5-32-21-13-19(11-12-20(21)34-17(4)29)23-22(25(31)33-14-18-9-7-6-8-10-18)15(2)27-26-28(23)24(30)16(3)35-26/h6-13,16,23H,5,14H2,1-4H3/t16-,23-/m1/s1. The van der Waals surface area contributed by atoms with Crippen LogP contribution in [0.5, 0.6) is 11.5 Å². The fourth-order valence-corrected chi connectivity index (χ4v) is 5.01. The number of rotatable bonds is 7. The summed E-state index contributed by atoms with van der Waals surface area (Å²) in [6.45, 7) is 7.10. The number of amides is 1. The molecule has 1 saturated heterocycles. The van der Waals surface area contributed by atoms with Crippen molar-refractivity contribution in [1.82, 2.24) is 4.90 Å². The number of ether oxygens (including phenoxy) is 3. The molecule has 35 heavy (non-hydrogen) atoms. The van der Waals surface area contributed by atoms with Crippen LogP contribution in [0.25, 0.3) is 0 Å². The molecule has 2 aromatic rings. The highest BCUT2D eigenvalue weighted by atomic mass is 32.2. The van der Waals surface area contributed by atoms with E-state index in [1.165, 1.54) is 23.6 Å². The van der Waals surface area contributed by atoms with Gasteiger partial charge >= 0.3 is 11.9 Å². The van der Waals surface area contributed by atoms with Gasteiger partial charge in [0.1, 0.15) is 6.61 Å². The van der Waals surface area contributed by atoms with Gasteiger partial charge in [0.05, 0.1) is 29.2 Å². The van der Waals surface area contributed by atoms with Crippen molar-refractivity contribution >= 4 is 34.8 Å². The summed E-state index contributed by atoms with van der Waals surface area (Å²) in [7, 11) is 0. The molecule has 0 bridgehead atoms. The molecule has 0 unspecified atom stereocenters. The highest BCUT2D eigenvalue weighted by Crippen LogP contribution is 2.45. The number of fused-ring (bicyclic) bond motifs is 1. The zero-order chi connectivity index (χ0) is 25.1. The van der Waals surface area contributed by atoms with Crippen LogP contribution >= 0.6 is 11.8 Å². The van der Waals surface area contributed by atoms with Gasteiger partial charge < -0.3 is 14.2 Å². The SMILES string of the molecule is CCOc1cc([C@@H]2C(C(=O)OCc3ccccc3)=C(C)N=C3S[C@H](C)C(=O)N32)ccc1OC(C)=O. The molecule has 0 spiro atoms. The summed E-state index contributed by atoms with van der Waals surface area (Å²) in [5, 5.41) is 0.196. The van der Waals surface area contributed by atoms with Crippen LogP contribution in [-0.2, 0) is 25.7 Å². The van der Waals surface area contributed by atoms with Crippen molar-refractivity contribution in [1.29, 1.82) is 0 Å². The van der Waals surface area contributed by atoms with E-state index in [-0.39, 0.29) is 29.1 Å². The summed E-state index contributed by atoms with van der Waals surface area (Å²) in [5.41, 5.74) is 2.22. The van der Waals surface area contributed by atoms with E-state index in [4.69, 9.17) is 14.2 Å². The zero-order valence-electron chi connectivity index (χ0n) is 19.9. The van der Waals surface area contributed by atoms with E-state index in [0.29, 0.717) is 28.8 Å². The first-order valence-corrected chi connectivity index (χ1v) is 12.1. The summed E-state index contributed by atoms with van der Waals surface area (Å²) in [6, 6.07) is 13.6. The molecule has 1 fully saturated rings. The maximum absolute atomic E-state index is 13.4. The summed E-state index contributed by atoms with van der Waals surface area (Å²) in [4.78, 5) is 44.2. The molecule has 2 aromatic carbocycles. The monoisotopic (exact) mass is 494 g/mol. The molecule has 0 aliphatic carbocycles. The van der Waals surface area contributed by atoms with Crippen molar-refractivity contribution in [2.24, 2.45) is 4.99 Å². The molecule has 0 aromatic heterocycles. The molecule has 2 aliphatic heterocycles. The Hall–Kier alpha value is -3.59. The molecule has 1 amide bonds. The number of carbonyl (C=O) groups is 3. The number of esters is 2. The van der Waals surface area contributed by atoms with Crippen molar-refractivity contribution in [2.45, 2.75) is 45.6 Å². The smallest absolute Gasteiger partial charge is 0.338 e. The van der Waals surface area contributed by atoms with E-state index in [2.05, 4.69) is 4.99 Å². The zero-order valence-corrected chi connectivity index (χ0v) is 20.8. The first-order chi connectivity index (χ1) is 16.8. The molecular formula is C26H26N2O6S. The quantitative estimate of drug-likeness (QED) is 0.416. The number of benzene rings is 2. The minimum absolute atomic E-state index is 0.0917. The van der Waals surface area contributed by atoms with Crippen LogP contribution in [0.1, 0.15) is 44.9 Å². The summed E-state index contributed by atoms with van der Waals surface area (Å²) < 4.78 is 16.6. The van der Waals surface area contributed by atoms with Crippen LogP contribution in [0.2, 0.25) is 0 Å². The van der Waals surface area contributed by atoms with Gasteiger partial charge in [-0.25, -0.2) is 9.79 Å². The Bertz CT molecular complexity index is 1220. The fourth-order valence-electron chi connectivity index (χ4n) is 3.98. The second-order valence-electron chi connectivity index (χ2n) is 8.06. The van der Waals surface area contributed by atoms with Gasteiger partial charge in [-0.05, 0) is 44.0 Å². The number of aliphatic imine (C=N–C) groups is 1. The van der Waals surface area contributed by atoms with Crippen LogP contribution in [0.3, 0.4) is 0 Å². The number of hydrogen-bond acceptors (Lipinski definition) is 8. The molecule has 2 atom stereocenters. The van der Waals surface area contributed by atoms with Crippen LogP contribution in [-0.4, -0.2) is 39.8 Å². The number of nitrogens with zero attached hydrogens (tertiary/aromatic N) is 2. The van der Waals surface area contributed by atoms with E-state index >= 15 is 0 Å². The van der Waals surface area contributed by atoms with Crippen molar-refractivity contribution in [2.75, 3.05) is 6.61 Å². The van der Waals surface area contributed by atoms with E-state index < -0.39 is 18.0 Å². The Morgan fingerprint density at radius 2 is 1.86 bits per heavy atom. The number of hydrogen-bond donors (Lipinski definition) is 0. The van der Waals surface area contributed by atoms with Crippen molar-refractivity contribution in [3.05, 3.63) is 70.9 Å². The van der Waals surface area contributed by atoms with Crippen LogP contribution in [0.4, 0.5) is 0 Å². The van der Waals surface area contributed by atoms with Gasteiger partial charge in [0.15, 0.2) is 16.7 Å². The van der Waals surface area contributed by atoms with Crippen LogP contribution in [0, 0.1) is 0 Å². The van der Waals surface area contributed by atoms with Gasteiger partial charge in [0, 0.05) is 6.92 Å². The average molecular weight is 495 g/mol. The van der Waals surface area contributed by atoms with Crippen LogP contribution < -0.4 is 9.47 Å². The van der Waals surface area contributed by atoms with Gasteiger partial charge in [-0.15, -0.1) is 0 Å². The maximum Gasteiger partial charge on any atom is 0.338 e. The Labute approximate surface area is 207 Å². The first-order valence-electron chi connectivity index (χ1n) is 11.3. The van der Waals surface area contributed by atoms with Gasteiger partial charge in [-0.1, -0.05) is 48.2 Å². The number of carbonyl (C=O) groups excluding carboxylic acids is 3. The topological polar surface area (TPSA) is 94.5 Å². The lowest BCUT2D eigenvalue weighted by Crippen LogP contribution is -2.40. The lowest BCUT2D eigenvalue weighted by Gasteiger charge is -2.33. The molecule has 8 nitrogen and oxygen atoms in total. The molecular weight excluding hydrogens is 468 g/mol. The molecule has 9 heteroatoms. The Kier molecular flexibility index (Phi) is 7.25. The second kappa shape index (κ2) is 10.4. The minimum Gasteiger partial charge on any atom is -0.490 e. The third kappa shape index (κ3) is 5.09. The van der Waals surface area contributed by atoms with Gasteiger partial charge in [0.25, 0.3) is 0 Å². The summed E-state index contributed by atoms with van der Waals surface area (Å²) >= 11 is 1.35. The summed E-state index contributed by atoms with van der Waals surface area (Å²) in [6.07, 6.45) is 0. The highest BCUT2D eigenvalue weighted by molar-refractivity contribution is 8.15. The highest BCUT2D eigenvalue weighted by Gasteiger charge is 2.46. The van der Waals surface area contributed by atoms with E-state index in [1.54, 1.807) is 25.1 Å². The Morgan fingerprint density at radius 3 is 2.54 bits per heavy atom. The Balaban J connectivity index is 1.75. The van der Waals surface area contributed by atoms with Crippen molar-refractivity contribution < 1.29 is 28.6 Å². The number of allylic oxidation sites excluding steroid dienone is 1. The van der Waals surface area contributed by atoms with Gasteiger partial charge in [0.2, 0.25) is 5.91 Å². The second-order valence-corrected chi connectivity index (χ2v) is 9.37. The molecule has 4 rings (SSSR count). The third-order valence-corrected chi connectivity index (χ3v) is 6.58. The summed E-state index contributed by atoms with van der Waals surface area (Å²) in [5.74, 6) is -0.588. The van der Waals surface area contributed by atoms with Crippen molar-refractivity contribution in [3.8, 4) is 11.5 Å². The largest absolute Gasteiger partial charge is 0.490 e. The van der Waals surface area contributed by atoms with Crippen molar-refractivity contribution in [3.63, 3.8) is 0 Å². The lowest BCUT2D eigenvalue weighted by molar-refractivity contribution is -0.141.